The van der Waals surface area contributed by atoms with E-state index in [-0.39, 0.29) is 0 Å². The average molecular weight is 223 g/mol. The second-order valence-corrected chi connectivity index (χ2v) is 5.68. The van der Waals surface area contributed by atoms with Gasteiger partial charge in [-0.2, -0.15) is 0 Å². The van der Waals surface area contributed by atoms with Gasteiger partial charge in [-0.25, -0.2) is 4.98 Å². The molecule has 0 spiro atoms. The third-order valence-corrected chi connectivity index (χ3v) is 4.27. The molecule has 1 aromatic heterocycles. The van der Waals surface area contributed by atoms with E-state index in [2.05, 4.69) is 21.7 Å². The molecule has 0 aromatic carbocycles. The Bertz CT molecular complexity index is 337. The molecule has 3 rings (SSSR count). The lowest BCUT2D eigenvalue weighted by Crippen LogP contribution is -2.47. The third kappa shape index (κ3) is 2.01. The van der Waals surface area contributed by atoms with E-state index in [0.717, 1.165) is 6.04 Å². The van der Waals surface area contributed by atoms with E-state index < -0.39 is 0 Å². The number of hydrogen-bond donors (Lipinski definition) is 0. The van der Waals surface area contributed by atoms with E-state index in [0.29, 0.717) is 0 Å². The highest BCUT2D eigenvalue weighted by atomic mass is 32.1. The predicted molar refractivity (Wildman–Crippen MR) is 63.7 cm³/mol. The minimum Gasteiger partial charge on any atom is -0.360 e. The van der Waals surface area contributed by atoms with Crippen molar-refractivity contribution in [1.82, 2.24) is 9.88 Å². The van der Waals surface area contributed by atoms with Gasteiger partial charge in [0.15, 0.2) is 0 Å². The van der Waals surface area contributed by atoms with Crippen molar-refractivity contribution in [2.24, 2.45) is 0 Å². The summed E-state index contributed by atoms with van der Waals surface area (Å²) in [6.45, 7) is 6.91. The number of thiazole rings is 1. The molecule has 0 radical (unpaired) electrons. The first-order valence-corrected chi connectivity index (χ1v) is 6.56. The van der Waals surface area contributed by atoms with Crippen molar-refractivity contribution in [2.75, 3.05) is 31.1 Å². The largest absolute Gasteiger partial charge is 0.360 e. The molecule has 0 atom stereocenters. The summed E-state index contributed by atoms with van der Waals surface area (Å²) in [4.78, 5) is 9.44. The predicted octanol–water partition coefficient (Wildman–Crippen LogP) is 1.74. The first-order chi connectivity index (χ1) is 7.33. The van der Waals surface area contributed by atoms with Gasteiger partial charge >= 0.3 is 0 Å². The third-order valence-electron chi connectivity index (χ3n) is 3.30. The molecule has 1 saturated carbocycles. The van der Waals surface area contributed by atoms with E-state index in [1.165, 1.54) is 49.0 Å². The summed E-state index contributed by atoms with van der Waals surface area (Å²) in [5, 5.41) is 2.53. The summed E-state index contributed by atoms with van der Waals surface area (Å²) in [6, 6.07) is 0.926. The number of hydrogen-bond acceptors (Lipinski definition) is 4. The maximum atomic E-state index is 4.32. The van der Waals surface area contributed by atoms with Crippen molar-refractivity contribution in [3.05, 3.63) is 11.2 Å². The normalized spacial score (nSPS) is 23.4. The zero-order valence-electron chi connectivity index (χ0n) is 9.15. The molecule has 1 aliphatic carbocycles. The lowest BCUT2D eigenvalue weighted by molar-refractivity contribution is 0.248. The van der Waals surface area contributed by atoms with E-state index in [9.17, 15) is 0 Å². The van der Waals surface area contributed by atoms with Gasteiger partial charge in [-0.3, -0.25) is 4.90 Å². The second-order valence-electron chi connectivity index (χ2n) is 4.47. The van der Waals surface area contributed by atoms with Gasteiger partial charge in [0, 0.05) is 32.2 Å². The average Bonchev–Trinajstić information content (AvgIpc) is 3.02. The summed E-state index contributed by atoms with van der Waals surface area (Å²) in [5.74, 6) is 0. The van der Waals surface area contributed by atoms with Crippen molar-refractivity contribution in [2.45, 2.75) is 25.8 Å². The van der Waals surface area contributed by atoms with Crippen LogP contribution >= 0.6 is 11.3 Å². The van der Waals surface area contributed by atoms with Gasteiger partial charge in [-0.05, 0) is 19.8 Å². The van der Waals surface area contributed by atoms with Crippen molar-refractivity contribution in [3.63, 3.8) is 0 Å². The highest BCUT2D eigenvalue weighted by Crippen LogP contribution is 2.29. The van der Waals surface area contributed by atoms with Crippen LogP contribution in [0, 0.1) is 6.92 Å². The molecule has 2 heterocycles. The molecule has 0 amide bonds. The molecule has 1 aromatic rings. The van der Waals surface area contributed by atoms with Gasteiger partial charge < -0.3 is 4.90 Å². The molecule has 0 unspecified atom stereocenters. The highest BCUT2D eigenvalue weighted by Gasteiger charge is 2.31. The highest BCUT2D eigenvalue weighted by molar-refractivity contribution is 7.15. The lowest BCUT2D eigenvalue weighted by atomic mass is 10.3. The summed E-state index contributed by atoms with van der Waals surface area (Å²) in [7, 11) is 0. The van der Waals surface area contributed by atoms with Crippen molar-refractivity contribution in [3.8, 4) is 0 Å². The summed E-state index contributed by atoms with van der Waals surface area (Å²) in [5.41, 5.74) is 0. The number of nitrogens with zero attached hydrogens (tertiary/aromatic N) is 3. The fourth-order valence-electron chi connectivity index (χ4n) is 2.24. The van der Waals surface area contributed by atoms with Crippen LogP contribution in [-0.2, 0) is 0 Å². The molecule has 1 saturated heterocycles. The van der Waals surface area contributed by atoms with Crippen LogP contribution in [0.25, 0.3) is 0 Å². The zero-order chi connectivity index (χ0) is 10.3. The van der Waals surface area contributed by atoms with Crippen LogP contribution in [0.3, 0.4) is 0 Å². The first-order valence-electron chi connectivity index (χ1n) is 5.74. The van der Waals surface area contributed by atoms with E-state index in [1.54, 1.807) is 0 Å². The minimum atomic E-state index is 0.926. The Balaban J connectivity index is 1.61. The molecular formula is C11H17N3S. The van der Waals surface area contributed by atoms with Gasteiger partial charge in [0.05, 0.1) is 11.2 Å². The van der Waals surface area contributed by atoms with E-state index in [4.69, 9.17) is 0 Å². The van der Waals surface area contributed by atoms with Crippen LogP contribution in [-0.4, -0.2) is 42.1 Å². The molecule has 82 valence electrons. The Morgan fingerprint density at radius 1 is 1.27 bits per heavy atom. The fourth-order valence-corrected chi connectivity index (χ4v) is 3.07. The van der Waals surface area contributed by atoms with E-state index >= 15 is 0 Å². The van der Waals surface area contributed by atoms with Crippen LogP contribution in [0.1, 0.15) is 17.8 Å². The Labute approximate surface area is 94.7 Å². The fraction of sp³-hybridized carbons (Fsp3) is 0.727. The van der Waals surface area contributed by atoms with Crippen LogP contribution in [0.4, 0.5) is 5.00 Å². The second kappa shape index (κ2) is 3.76. The van der Waals surface area contributed by atoms with Crippen LogP contribution in [0.15, 0.2) is 6.20 Å². The maximum Gasteiger partial charge on any atom is 0.111 e. The standard InChI is InChI=1S/C11H17N3S/c1-9-12-8-11(15-9)14-6-4-13(5-7-14)10-2-3-10/h8,10H,2-7H2,1H3. The van der Waals surface area contributed by atoms with Crippen molar-refractivity contribution in [1.29, 1.82) is 0 Å². The first kappa shape index (κ1) is 9.60. The van der Waals surface area contributed by atoms with Crippen molar-refractivity contribution >= 4 is 16.3 Å². The Morgan fingerprint density at radius 3 is 2.53 bits per heavy atom. The number of aromatic nitrogens is 1. The molecule has 3 nitrogen and oxygen atoms in total. The molecule has 2 fully saturated rings. The van der Waals surface area contributed by atoms with Gasteiger partial charge in [-0.1, -0.05) is 0 Å². The molecule has 1 aliphatic heterocycles. The van der Waals surface area contributed by atoms with Gasteiger partial charge in [0.25, 0.3) is 0 Å². The topological polar surface area (TPSA) is 19.4 Å². The summed E-state index contributed by atoms with van der Waals surface area (Å²) >= 11 is 1.82. The molecule has 2 aliphatic rings. The van der Waals surface area contributed by atoms with Crippen molar-refractivity contribution < 1.29 is 0 Å². The molecular weight excluding hydrogens is 206 g/mol. The van der Waals surface area contributed by atoms with Crippen LogP contribution < -0.4 is 4.90 Å². The molecule has 15 heavy (non-hydrogen) atoms. The number of aryl methyl sites for hydroxylation is 1. The van der Waals surface area contributed by atoms with E-state index in [1.807, 2.05) is 17.5 Å². The Morgan fingerprint density at radius 2 is 2.00 bits per heavy atom. The Kier molecular flexibility index (Phi) is 2.41. The minimum absolute atomic E-state index is 0.926. The van der Waals surface area contributed by atoms with Crippen LogP contribution in [0.2, 0.25) is 0 Å². The number of anilines is 1. The smallest absolute Gasteiger partial charge is 0.111 e. The maximum absolute atomic E-state index is 4.32. The number of piperazine rings is 1. The quantitative estimate of drug-likeness (QED) is 0.761. The number of rotatable bonds is 2. The molecule has 0 N–H and O–H groups in total. The lowest BCUT2D eigenvalue weighted by Gasteiger charge is -2.35. The Hall–Kier alpha value is -0.610. The molecule has 0 bridgehead atoms. The van der Waals surface area contributed by atoms with Gasteiger partial charge in [0.2, 0.25) is 0 Å². The molecule has 4 heteroatoms. The van der Waals surface area contributed by atoms with Gasteiger partial charge in [-0.15, -0.1) is 11.3 Å². The summed E-state index contributed by atoms with van der Waals surface area (Å²) in [6.07, 6.45) is 4.88. The monoisotopic (exact) mass is 223 g/mol. The summed E-state index contributed by atoms with van der Waals surface area (Å²) < 4.78 is 0. The van der Waals surface area contributed by atoms with Crippen LogP contribution in [0.5, 0.6) is 0 Å². The SMILES string of the molecule is Cc1ncc(N2CCN(C3CC3)CC2)s1. The zero-order valence-corrected chi connectivity index (χ0v) is 9.96. The van der Waals surface area contributed by atoms with Gasteiger partial charge in [0.1, 0.15) is 5.00 Å².